The van der Waals surface area contributed by atoms with Crippen LogP contribution in [0.4, 0.5) is 5.69 Å². The number of nitriles is 1. The molecule has 0 saturated heterocycles. The third kappa shape index (κ3) is 4.92. The molecular weight excluding hydrogens is 398 g/mol. The molecule has 30 heavy (non-hydrogen) atoms. The van der Waals surface area contributed by atoms with Gasteiger partial charge in [0.1, 0.15) is 11.0 Å². The van der Waals surface area contributed by atoms with Crippen molar-refractivity contribution in [2.45, 2.75) is 25.3 Å². The third-order valence-corrected chi connectivity index (χ3v) is 6.04. The van der Waals surface area contributed by atoms with Crippen LogP contribution in [-0.4, -0.2) is 14.3 Å². The molecule has 2 N–H and O–H groups in total. The third-order valence-electron chi connectivity index (χ3n) is 4.60. The molecule has 0 spiro atoms. The van der Waals surface area contributed by atoms with Crippen molar-refractivity contribution < 1.29 is 13.2 Å². The van der Waals surface area contributed by atoms with E-state index < -0.39 is 10.0 Å². The Morgan fingerprint density at radius 1 is 1.00 bits per heavy atom. The van der Waals surface area contributed by atoms with E-state index in [1.165, 1.54) is 6.07 Å². The Kier molecular flexibility index (Phi) is 6.31. The van der Waals surface area contributed by atoms with Crippen LogP contribution in [0.2, 0.25) is 0 Å². The molecule has 0 aromatic heterocycles. The minimum absolute atomic E-state index is 0.0232. The topological polar surface area (TPSA) is 99.1 Å². The molecule has 0 saturated carbocycles. The summed E-state index contributed by atoms with van der Waals surface area (Å²) in [5.74, 6) is -0.244. The predicted molar refractivity (Wildman–Crippen MR) is 115 cm³/mol. The first-order valence-corrected chi connectivity index (χ1v) is 10.7. The highest BCUT2D eigenvalue weighted by molar-refractivity contribution is 7.89. The smallest absolute Gasteiger partial charge is 0.255 e. The Bertz CT molecular complexity index is 1230. The highest BCUT2D eigenvalue weighted by atomic mass is 32.2. The van der Waals surface area contributed by atoms with Crippen LogP contribution in [0.15, 0.2) is 71.6 Å². The Morgan fingerprint density at radius 3 is 2.40 bits per heavy atom. The molecule has 0 unspecified atom stereocenters. The van der Waals surface area contributed by atoms with E-state index in [-0.39, 0.29) is 22.9 Å². The average molecular weight is 420 g/mol. The van der Waals surface area contributed by atoms with E-state index in [4.69, 9.17) is 0 Å². The largest absolute Gasteiger partial charge is 0.322 e. The van der Waals surface area contributed by atoms with E-state index in [0.29, 0.717) is 22.4 Å². The maximum absolute atomic E-state index is 12.7. The summed E-state index contributed by atoms with van der Waals surface area (Å²) in [5, 5.41) is 12.1. The number of carbonyl (C=O) groups is 1. The molecule has 3 aromatic carbocycles. The fourth-order valence-corrected chi connectivity index (χ4v) is 4.18. The number of anilines is 1. The lowest BCUT2D eigenvalue weighted by Gasteiger charge is -2.11. The van der Waals surface area contributed by atoms with Gasteiger partial charge in [-0.05, 0) is 55.3 Å². The van der Waals surface area contributed by atoms with Gasteiger partial charge in [-0.2, -0.15) is 5.26 Å². The minimum Gasteiger partial charge on any atom is -0.322 e. The highest BCUT2D eigenvalue weighted by Crippen LogP contribution is 2.19. The highest BCUT2D eigenvalue weighted by Gasteiger charge is 2.19. The van der Waals surface area contributed by atoms with Crippen LogP contribution in [-0.2, 0) is 16.6 Å². The molecule has 0 bridgehead atoms. The lowest BCUT2D eigenvalue weighted by atomic mass is 10.1. The van der Waals surface area contributed by atoms with Gasteiger partial charge in [0.05, 0.1) is 5.56 Å². The fraction of sp³-hybridized carbons (Fsp3) is 0.130. The minimum atomic E-state index is -3.87. The number of amides is 1. The monoisotopic (exact) mass is 419 g/mol. The second kappa shape index (κ2) is 8.91. The molecule has 7 heteroatoms. The molecule has 1 amide bonds. The van der Waals surface area contributed by atoms with Crippen molar-refractivity contribution in [3.05, 3.63) is 94.5 Å². The van der Waals surface area contributed by atoms with E-state index in [2.05, 4.69) is 10.0 Å². The number of aryl methyl sites for hydroxylation is 2. The quantitative estimate of drug-likeness (QED) is 0.633. The van der Waals surface area contributed by atoms with E-state index in [1.54, 1.807) is 55.5 Å². The molecule has 0 fully saturated rings. The van der Waals surface area contributed by atoms with Gasteiger partial charge in [0.15, 0.2) is 0 Å². The van der Waals surface area contributed by atoms with Gasteiger partial charge in [0.25, 0.3) is 5.91 Å². The van der Waals surface area contributed by atoms with Gasteiger partial charge in [-0.15, -0.1) is 0 Å². The van der Waals surface area contributed by atoms with Crippen molar-refractivity contribution in [1.29, 1.82) is 5.26 Å². The predicted octanol–water partition coefficient (Wildman–Crippen LogP) is 3.91. The van der Waals surface area contributed by atoms with Crippen molar-refractivity contribution in [1.82, 2.24) is 4.72 Å². The summed E-state index contributed by atoms with van der Waals surface area (Å²) in [6.07, 6.45) is 0. The molecule has 6 nitrogen and oxygen atoms in total. The number of rotatable bonds is 6. The van der Waals surface area contributed by atoms with Gasteiger partial charge in [-0.3, -0.25) is 4.79 Å². The molecule has 3 rings (SSSR count). The first-order valence-electron chi connectivity index (χ1n) is 9.26. The molecular formula is C23H21N3O3S. The van der Waals surface area contributed by atoms with Crippen molar-refractivity contribution >= 4 is 21.6 Å². The molecule has 0 aliphatic rings. The molecule has 0 heterocycles. The number of nitrogens with one attached hydrogen (secondary N) is 2. The van der Waals surface area contributed by atoms with Crippen molar-refractivity contribution in [3.63, 3.8) is 0 Å². The standard InChI is InChI=1S/C23H21N3O3S/c1-16-9-11-19(12-10-16)23(27)26-20-7-4-6-18(13-20)15-25-30(28,29)22-8-3-5-17(2)21(22)14-24/h3-13,25H,15H2,1-2H3,(H,26,27). The van der Waals surface area contributed by atoms with E-state index in [0.717, 1.165) is 5.56 Å². The van der Waals surface area contributed by atoms with Crippen LogP contribution in [0, 0.1) is 25.2 Å². The van der Waals surface area contributed by atoms with E-state index >= 15 is 0 Å². The zero-order valence-corrected chi connectivity index (χ0v) is 17.5. The summed E-state index contributed by atoms with van der Waals surface area (Å²) >= 11 is 0. The number of nitrogens with zero attached hydrogens (tertiary/aromatic N) is 1. The zero-order chi connectivity index (χ0) is 21.7. The van der Waals surface area contributed by atoms with Crippen molar-refractivity contribution in [2.75, 3.05) is 5.32 Å². The van der Waals surface area contributed by atoms with Gasteiger partial charge in [0.2, 0.25) is 10.0 Å². The van der Waals surface area contributed by atoms with Crippen LogP contribution >= 0.6 is 0 Å². The molecule has 0 atom stereocenters. The maximum atomic E-state index is 12.7. The first kappa shape index (κ1) is 21.2. The fourth-order valence-electron chi connectivity index (χ4n) is 2.93. The zero-order valence-electron chi connectivity index (χ0n) is 16.6. The van der Waals surface area contributed by atoms with Gasteiger partial charge in [-0.25, -0.2) is 13.1 Å². The van der Waals surface area contributed by atoms with Crippen LogP contribution < -0.4 is 10.0 Å². The van der Waals surface area contributed by atoms with Crippen LogP contribution in [0.5, 0.6) is 0 Å². The van der Waals surface area contributed by atoms with Gasteiger partial charge in [0, 0.05) is 17.8 Å². The Morgan fingerprint density at radius 2 is 1.70 bits per heavy atom. The molecule has 0 radical (unpaired) electrons. The van der Waals surface area contributed by atoms with Crippen molar-refractivity contribution in [2.24, 2.45) is 0 Å². The molecule has 0 aliphatic heterocycles. The van der Waals surface area contributed by atoms with Gasteiger partial charge < -0.3 is 5.32 Å². The summed E-state index contributed by atoms with van der Waals surface area (Å²) in [4.78, 5) is 12.3. The first-order chi connectivity index (χ1) is 14.3. The normalized spacial score (nSPS) is 11.0. The van der Waals surface area contributed by atoms with Gasteiger partial charge >= 0.3 is 0 Å². The van der Waals surface area contributed by atoms with Crippen LogP contribution in [0.3, 0.4) is 0 Å². The average Bonchev–Trinajstić information content (AvgIpc) is 2.73. The number of sulfonamides is 1. The molecule has 0 aliphatic carbocycles. The SMILES string of the molecule is Cc1ccc(C(=O)Nc2cccc(CNS(=O)(=O)c3cccc(C)c3C#N)c2)cc1. The van der Waals surface area contributed by atoms with Crippen molar-refractivity contribution in [3.8, 4) is 6.07 Å². The second-order valence-electron chi connectivity index (χ2n) is 6.90. The summed E-state index contributed by atoms with van der Waals surface area (Å²) in [7, 11) is -3.87. The van der Waals surface area contributed by atoms with Crippen LogP contribution in [0.25, 0.3) is 0 Å². The number of carbonyl (C=O) groups excluding carboxylic acids is 1. The Hall–Kier alpha value is -3.47. The Balaban J connectivity index is 1.73. The number of hydrogen-bond acceptors (Lipinski definition) is 4. The molecule has 3 aromatic rings. The Labute approximate surface area is 176 Å². The van der Waals surface area contributed by atoms with E-state index in [9.17, 15) is 18.5 Å². The summed E-state index contributed by atoms with van der Waals surface area (Å²) in [6.45, 7) is 3.66. The number of hydrogen-bond donors (Lipinski definition) is 2. The summed E-state index contributed by atoms with van der Waals surface area (Å²) in [5.41, 5.74) is 3.56. The van der Waals surface area contributed by atoms with E-state index in [1.807, 2.05) is 25.1 Å². The van der Waals surface area contributed by atoms with Crippen LogP contribution in [0.1, 0.15) is 32.6 Å². The van der Waals surface area contributed by atoms with Gasteiger partial charge in [-0.1, -0.05) is 42.0 Å². The summed E-state index contributed by atoms with van der Waals surface area (Å²) < 4.78 is 27.9. The number of benzene rings is 3. The maximum Gasteiger partial charge on any atom is 0.255 e. The second-order valence-corrected chi connectivity index (χ2v) is 8.64. The summed E-state index contributed by atoms with van der Waals surface area (Å²) in [6, 6.07) is 20.8. The lowest BCUT2D eigenvalue weighted by molar-refractivity contribution is 0.102. The molecule has 152 valence electrons. The lowest BCUT2D eigenvalue weighted by Crippen LogP contribution is -2.24.